The van der Waals surface area contributed by atoms with Gasteiger partial charge in [-0.05, 0) is 44.0 Å². The van der Waals surface area contributed by atoms with Crippen molar-refractivity contribution in [2.75, 3.05) is 39.3 Å². The number of hydrogen-bond acceptors (Lipinski definition) is 5. The van der Waals surface area contributed by atoms with Crippen LogP contribution in [0, 0.1) is 0 Å². The van der Waals surface area contributed by atoms with E-state index >= 15 is 0 Å². The molecule has 0 atom stereocenters. The minimum atomic E-state index is -3.68. The summed E-state index contributed by atoms with van der Waals surface area (Å²) in [6.07, 6.45) is 2.43. The van der Waals surface area contributed by atoms with E-state index in [2.05, 4.69) is 5.32 Å². The van der Waals surface area contributed by atoms with Crippen LogP contribution in [0.5, 0.6) is 0 Å². The van der Waals surface area contributed by atoms with E-state index in [1.165, 1.54) is 32.9 Å². The predicted molar refractivity (Wildman–Crippen MR) is 90.7 cm³/mol. The molecule has 0 spiro atoms. The topological polar surface area (TPSA) is 86.8 Å². The predicted octanol–water partition coefficient (Wildman–Crippen LogP) is 0.455. The first-order chi connectivity index (χ1) is 11.4. The molecular formula is C15H23N3O4S2. The summed E-state index contributed by atoms with van der Waals surface area (Å²) in [4.78, 5) is 0.100. The van der Waals surface area contributed by atoms with Crippen molar-refractivity contribution in [3.05, 3.63) is 24.3 Å². The zero-order valence-corrected chi connectivity index (χ0v) is 15.2. The van der Waals surface area contributed by atoms with Gasteiger partial charge in [0, 0.05) is 32.7 Å². The van der Waals surface area contributed by atoms with Crippen molar-refractivity contribution in [1.29, 1.82) is 0 Å². The van der Waals surface area contributed by atoms with Crippen LogP contribution in [0.1, 0.15) is 19.3 Å². The van der Waals surface area contributed by atoms with Crippen molar-refractivity contribution in [1.82, 2.24) is 13.9 Å². The molecule has 0 bridgehead atoms. The Kier molecular flexibility index (Phi) is 5.26. The van der Waals surface area contributed by atoms with E-state index in [1.807, 2.05) is 0 Å². The van der Waals surface area contributed by atoms with E-state index in [0.717, 1.165) is 25.8 Å². The van der Waals surface area contributed by atoms with Crippen LogP contribution in [0.3, 0.4) is 0 Å². The molecule has 9 heteroatoms. The van der Waals surface area contributed by atoms with Gasteiger partial charge in [-0.2, -0.15) is 8.61 Å². The van der Waals surface area contributed by atoms with Crippen LogP contribution < -0.4 is 5.32 Å². The summed E-state index contributed by atoms with van der Waals surface area (Å²) >= 11 is 0. The summed E-state index contributed by atoms with van der Waals surface area (Å²) in [5, 5.41) is 3.16. The van der Waals surface area contributed by atoms with E-state index in [9.17, 15) is 16.8 Å². The lowest BCUT2D eigenvalue weighted by atomic mass is 10.4. The summed E-state index contributed by atoms with van der Waals surface area (Å²) in [6, 6.07) is 5.74. The molecule has 2 fully saturated rings. The number of nitrogens with one attached hydrogen (secondary N) is 1. The molecule has 0 unspecified atom stereocenters. The van der Waals surface area contributed by atoms with Gasteiger partial charge in [0.05, 0.1) is 9.79 Å². The number of sulfonamides is 2. The molecule has 2 aliphatic rings. The van der Waals surface area contributed by atoms with Crippen LogP contribution in [-0.4, -0.2) is 64.7 Å². The lowest BCUT2D eigenvalue weighted by Gasteiger charge is -2.21. The molecule has 0 aromatic heterocycles. The smallest absolute Gasteiger partial charge is 0.243 e. The largest absolute Gasteiger partial charge is 0.315 e. The fourth-order valence-corrected chi connectivity index (χ4v) is 6.25. The first-order valence-electron chi connectivity index (χ1n) is 8.23. The Bertz CT molecular complexity index is 779. The molecule has 2 saturated heterocycles. The Morgan fingerprint density at radius 2 is 1.29 bits per heavy atom. The van der Waals surface area contributed by atoms with Gasteiger partial charge in [-0.15, -0.1) is 0 Å². The van der Waals surface area contributed by atoms with Gasteiger partial charge >= 0.3 is 0 Å². The zero-order valence-electron chi connectivity index (χ0n) is 13.5. The normalized spacial score (nSPS) is 21.7. The molecule has 0 amide bonds. The molecule has 0 aliphatic carbocycles. The van der Waals surface area contributed by atoms with E-state index < -0.39 is 20.0 Å². The van der Waals surface area contributed by atoms with Crippen molar-refractivity contribution in [2.24, 2.45) is 0 Å². The van der Waals surface area contributed by atoms with Crippen molar-refractivity contribution < 1.29 is 16.8 Å². The third-order valence-electron chi connectivity index (χ3n) is 4.45. The first-order valence-corrected chi connectivity index (χ1v) is 11.1. The van der Waals surface area contributed by atoms with Gasteiger partial charge in [0.1, 0.15) is 0 Å². The van der Waals surface area contributed by atoms with Gasteiger partial charge in [0.15, 0.2) is 0 Å². The average molecular weight is 374 g/mol. The second-order valence-corrected chi connectivity index (χ2v) is 9.97. The first kappa shape index (κ1) is 17.8. The zero-order chi connectivity index (χ0) is 17.2. The molecule has 7 nitrogen and oxygen atoms in total. The van der Waals surface area contributed by atoms with Gasteiger partial charge in [-0.25, -0.2) is 16.8 Å². The highest BCUT2D eigenvalue weighted by Gasteiger charge is 2.30. The maximum Gasteiger partial charge on any atom is 0.243 e. The molecule has 0 saturated carbocycles. The SMILES string of the molecule is O=S(=O)(c1cccc(S(=O)(=O)N2CCCNCC2)c1)N1CCCC1. The van der Waals surface area contributed by atoms with E-state index in [-0.39, 0.29) is 9.79 Å². The van der Waals surface area contributed by atoms with E-state index in [0.29, 0.717) is 32.7 Å². The third-order valence-corrected chi connectivity index (χ3v) is 8.23. The van der Waals surface area contributed by atoms with Crippen LogP contribution in [0.4, 0.5) is 0 Å². The fraction of sp³-hybridized carbons (Fsp3) is 0.600. The maximum absolute atomic E-state index is 12.8. The molecular weight excluding hydrogens is 350 g/mol. The summed E-state index contributed by atoms with van der Waals surface area (Å²) < 4.78 is 53.8. The van der Waals surface area contributed by atoms with Crippen LogP contribution in [-0.2, 0) is 20.0 Å². The van der Waals surface area contributed by atoms with Gasteiger partial charge in [-0.3, -0.25) is 0 Å². The third kappa shape index (κ3) is 3.50. The number of rotatable bonds is 4. The van der Waals surface area contributed by atoms with Crippen molar-refractivity contribution in [2.45, 2.75) is 29.1 Å². The Labute approximate surface area is 143 Å². The fourth-order valence-electron chi connectivity index (χ4n) is 3.08. The molecule has 1 N–H and O–H groups in total. The molecule has 0 radical (unpaired) electrons. The summed E-state index contributed by atoms with van der Waals surface area (Å²) in [6.45, 7) is 3.22. The quantitative estimate of drug-likeness (QED) is 0.828. The van der Waals surface area contributed by atoms with Gasteiger partial charge in [0.2, 0.25) is 20.0 Å². The monoisotopic (exact) mass is 373 g/mol. The van der Waals surface area contributed by atoms with Crippen LogP contribution in [0.15, 0.2) is 34.1 Å². The molecule has 2 aliphatic heterocycles. The summed E-state index contributed by atoms with van der Waals surface area (Å²) in [5.74, 6) is 0. The van der Waals surface area contributed by atoms with Crippen molar-refractivity contribution in [3.8, 4) is 0 Å². The Morgan fingerprint density at radius 1 is 0.750 bits per heavy atom. The Balaban J connectivity index is 1.92. The van der Waals surface area contributed by atoms with E-state index in [1.54, 1.807) is 0 Å². The second-order valence-electron chi connectivity index (χ2n) is 6.09. The highest BCUT2D eigenvalue weighted by molar-refractivity contribution is 7.90. The molecule has 1 aromatic carbocycles. The summed E-state index contributed by atoms with van der Waals surface area (Å²) in [5.41, 5.74) is 0. The van der Waals surface area contributed by atoms with Crippen molar-refractivity contribution in [3.63, 3.8) is 0 Å². The van der Waals surface area contributed by atoms with Gasteiger partial charge < -0.3 is 5.32 Å². The molecule has 24 heavy (non-hydrogen) atoms. The molecule has 1 aromatic rings. The minimum absolute atomic E-state index is 0.0460. The number of hydrogen-bond donors (Lipinski definition) is 1. The van der Waals surface area contributed by atoms with Crippen LogP contribution in [0.2, 0.25) is 0 Å². The summed E-state index contributed by atoms with van der Waals surface area (Å²) in [7, 11) is -7.30. The Hall–Kier alpha value is -1.00. The number of nitrogens with zero attached hydrogens (tertiary/aromatic N) is 2. The lowest BCUT2D eigenvalue weighted by molar-refractivity contribution is 0.431. The highest BCUT2D eigenvalue weighted by atomic mass is 32.2. The van der Waals surface area contributed by atoms with Crippen molar-refractivity contribution >= 4 is 20.0 Å². The van der Waals surface area contributed by atoms with Gasteiger partial charge in [-0.1, -0.05) is 6.07 Å². The average Bonchev–Trinajstić information content (AvgIpc) is 2.98. The van der Waals surface area contributed by atoms with Gasteiger partial charge in [0.25, 0.3) is 0 Å². The molecule has 134 valence electrons. The van der Waals surface area contributed by atoms with Crippen LogP contribution >= 0.6 is 0 Å². The second kappa shape index (κ2) is 7.09. The Morgan fingerprint density at radius 3 is 1.92 bits per heavy atom. The van der Waals surface area contributed by atoms with Crippen LogP contribution in [0.25, 0.3) is 0 Å². The molecule has 3 rings (SSSR count). The van der Waals surface area contributed by atoms with E-state index in [4.69, 9.17) is 0 Å². The standard InChI is InChI=1S/C15H23N3O4S2/c19-23(20,17-9-1-2-10-17)14-5-3-6-15(13-14)24(21,22)18-11-4-7-16-8-12-18/h3,5-6,13,16H,1-2,4,7-12H2. The highest BCUT2D eigenvalue weighted by Crippen LogP contribution is 2.24. The molecule has 2 heterocycles. The minimum Gasteiger partial charge on any atom is -0.315 e. The lowest BCUT2D eigenvalue weighted by Crippen LogP contribution is -2.34. The number of benzene rings is 1. The maximum atomic E-state index is 12.8.